The van der Waals surface area contributed by atoms with E-state index in [1.165, 1.54) is 15.9 Å². The summed E-state index contributed by atoms with van der Waals surface area (Å²) in [6.07, 6.45) is 0.0107. The molecule has 12 nitrogen and oxygen atoms in total. The Morgan fingerprint density at radius 1 is 1.20 bits per heavy atom. The van der Waals surface area contributed by atoms with Crippen LogP contribution in [0.3, 0.4) is 0 Å². The highest BCUT2D eigenvalue weighted by molar-refractivity contribution is 7.13. The summed E-state index contributed by atoms with van der Waals surface area (Å²) in [4.78, 5) is 39.5. The topological polar surface area (TPSA) is 153 Å². The summed E-state index contributed by atoms with van der Waals surface area (Å²) in [5.41, 5.74) is 12.7. The molecule has 0 radical (unpaired) electrons. The lowest BCUT2D eigenvalue weighted by atomic mass is 10.1. The van der Waals surface area contributed by atoms with Gasteiger partial charge >= 0.3 is 0 Å². The second kappa shape index (κ2) is 8.20. The number of anilines is 2. The van der Waals surface area contributed by atoms with Gasteiger partial charge in [-0.2, -0.15) is 9.50 Å². The lowest BCUT2D eigenvalue weighted by Crippen LogP contribution is -2.42. The first kappa shape index (κ1) is 20.0. The van der Waals surface area contributed by atoms with Gasteiger partial charge in [-0.05, 0) is 13.8 Å². The minimum atomic E-state index is -0.481. The van der Waals surface area contributed by atoms with E-state index in [0.29, 0.717) is 35.9 Å². The summed E-state index contributed by atoms with van der Waals surface area (Å²) >= 11 is 1.38. The molecular formula is C17H21N9O3S. The number of nitrogen functional groups attached to an aromatic ring is 1. The first-order chi connectivity index (χ1) is 14.4. The molecule has 3 aromatic heterocycles. The smallest absolute Gasteiger partial charge is 0.289 e. The molecule has 0 aromatic carbocycles. The van der Waals surface area contributed by atoms with Crippen molar-refractivity contribution in [1.29, 1.82) is 0 Å². The number of nitrogens with one attached hydrogen (secondary N) is 2. The first-order valence-corrected chi connectivity index (χ1v) is 10.2. The van der Waals surface area contributed by atoms with Crippen molar-refractivity contribution >= 4 is 40.0 Å². The lowest BCUT2D eigenvalue weighted by Gasteiger charge is -2.25. The third-order valence-corrected chi connectivity index (χ3v) is 5.63. The molecule has 0 bridgehead atoms. The van der Waals surface area contributed by atoms with Crippen molar-refractivity contribution in [2.24, 2.45) is 0 Å². The van der Waals surface area contributed by atoms with Crippen molar-refractivity contribution in [2.45, 2.75) is 20.3 Å². The molecule has 3 aromatic rings. The second-order valence-corrected chi connectivity index (χ2v) is 7.57. The number of fused-ring (bicyclic) bond motifs is 1. The first-order valence-electron chi connectivity index (χ1n) is 9.28. The number of hydrogen-bond acceptors (Lipinski definition) is 10. The third-order valence-electron chi connectivity index (χ3n) is 4.72. The number of aryl methyl sites for hydroxylation is 2. The molecule has 4 heterocycles. The number of ether oxygens (including phenoxy) is 1. The number of rotatable bonds is 4. The van der Waals surface area contributed by atoms with Crippen LogP contribution < -0.4 is 21.5 Å². The number of carbonyl (C=O) groups is 2. The fraction of sp³-hybridized carbons (Fsp3) is 0.412. The van der Waals surface area contributed by atoms with Crippen LogP contribution in [-0.2, 0) is 16.0 Å². The van der Waals surface area contributed by atoms with Crippen LogP contribution in [0.4, 0.5) is 11.1 Å². The minimum Gasteiger partial charge on any atom is -0.378 e. The summed E-state index contributed by atoms with van der Waals surface area (Å²) in [5.74, 6) is -0.393. The highest BCUT2D eigenvalue weighted by Gasteiger charge is 2.19. The highest BCUT2D eigenvalue weighted by Crippen LogP contribution is 2.21. The molecule has 13 heteroatoms. The third kappa shape index (κ3) is 4.02. The maximum Gasteiger partial charge on any atom is 0.289 e. The van der Waals surface area contributed by atoms with Gasteiger partial charge in [-0.3, -0.25) is 20.4 Å². The number of morpholine rings is 1. The Kier molecular flexibility index (Phi) is 5.46. The molecular weight excluding hydrogens is 410 g/mol. The molecule has 0 atom stereocenters. The molecule has 4 N–H and O–H groups in total. The van der Waals surface area contributed by atoms with E-state index in [2.05, 4.69) is 35.8 Å². The normalized spacial score (nSPS) is 14.1. The van der Waals surface area contributed by atoms with Crippen LogP contribution in [0.1, 0.15) is 27.4 Å². The Morgan fingerprint density at radius 3 is 2.73 bits per heavy atom. The minimum absolute atomic E-state index is 0.0107. The van der Waals surface area contributed by atoms with Crippen molar-refractivity contribution in [3.63, 3.8) is 0 Å². The van der Waals surface area contributed by atoms with Crippen molar-refractivity contribution in [3.05, 3.63) is 28.0 Å². The summed E-state index contributed by atoms with van der Waals surface area (Å²) in [5, 5.41) is 6.49. The number of nitrogens with zero attached hydrogens (tertiary/aromatic N) is 6. The van der Waals surface area contributed by atoms with Crippen LogP contribution in [0.25, 0.3) is 5.78 Å². The number of amides is 2. The van der Waals surface area contributed by atoms with Crippen molar-refractivity contribution in [3.8, 4) is 0 Å². The predicted octanol–water partition coefficient (Wildman–Crippen LogP) is -0.380. The van der Waals surface area contributed by atoms with E-state index in [1.54, 1.807) is 19.2 Å². The molecule has 2 amide bonds. The van der Waals surface area contributed by atoms with E-state index < -0.39 is 11.8 Å². The van der Waals surface area contributed by atoms with Gasteiger partial charge in [-0.25, -0.2) is 9.97 Å². The molecule has 0 unspecified atom stereocenters. The quantitative estimate of drug-likeness (QED) is 0.469. The van der Waals surface area contributed by atoms with E-state index in [0.717, 1.165) is 18.2 Å². The summed E-state index contributed by atoms with van der Waals surface area (Å²) < 4.78 is 6.81. The number of nitrogens with two attached hydrogens (primary N) is 1. The van der Waals surface area contributed by atoms with Gasteiger partial charge in [0.05, 0.1) is 19.6 Å². The van der Waals surface area contributed by atoms with E-state index in [-0.39, 0.29) is 18.1 Å². The number of hydrazine groups is 1. The van der Waals surface area contributed by atoms with Gasteiger partial charge in [0.1, 0.15) is 5.69 Å². The number of carbonyl (C=O) groups excluding carboxylic acids is 2. The zero-order valence-corrected chi connectivity index (χ0v) is 17.3. The maximum absolute atomic E-state index is 12.4. The summed E-state index contributed by atoms with van der Waals surface area (Å²) in [7, 11) is 0. The average molecular weight is 431 g/mol. The van der Waals surface area contributed by atoms with Gasteiger partial charge in [0.25, 0.3) is 11.7 Å². The Balaban J connectivity index is 1.37. The lowest BCUT2D eigenvalue weighted by molar-refractivity contribution is -0.121. The van der Waals surface area contributed by atoms with Crippen LogP contribution >= 0.6 is 11.3 Å². The number of thiazole rings is 1. The molecule has 1 fully saturated rings. The molecule has 1 aliphatic rings. The Labute approximate surface area is 175 Å². The highest BCUT2D eigenvalue weighted by atomic mass is 32.1. The molecule has 1 aliphatic heterocycles. The average Bonchev–Trinajstić information content (AvgIpc) is 3.37. The van der Waals surface area contributed by atoms with Gasteiger partial charge in [0, 0.05) is 35.4 Å². The SMILES string of the molecule is Cc1nc2nc(N)nn2c(C)c1CC(=O)NNC(=O)c1csc(N2CCOCC2)n1. The summed E-state index contributed by atoms with van der Waals surface area (Å²) in [6, 6.07) is 0. The fourth-order valence-corrected chi connectivity index (χ4v) is 4.00. The van der Waals surface area contributed by atoms with Crippen LogP contribution in [-0.4, -0.2) is 62.7 Å². The van der Waals surface area contributed by atoms with E-state index in [4.69, 9.17) is 10.5 Å². The molecule has 30 heavy (non-hydrogen) atoms. The summed E-state index contributed by atoms with van der Waals surface area (Å²) in [6.45, 7) is 6.33. The molecule has 158 valence electrons. The molecule has 0 saturated carbocycles. The van der Waals surface area contributed by atoms with Gasteiger partial charge in [0.2, 0.25) is 11.9 Å². The molecule has 0 spiro atoms. The van der Waals surface area contributed by atoms with E-state index in [1.807, 2.05) is 0 Å². The monoisotopic (exact) mass is 431 g/mol. The van der Waals surface area contributed by atoms with Crippen LogP contribution in [0.15, 0.2) is 5.38 Å². The van der Waals surface area contributed by atoms with E-state index >= 15 is 0 Å². The number of aromatic nitrogens is 5. The standard InChI is InChI=1S/C17H21N9O3S/c1-9-11(10(2)26-16(19-9)21-15(18)24-26)7-13(27)22-23-14(28)12-8-30-17(20-12)25-3-5-29-6-4-25/h8H,3-7H2,1-2H3,(H2,18,24)(H,22,27)(H,23,28). The Hall–Kier alpha value is -3.32. The number of hydrogen-bond donors (Lipinski definition) is 3. The largest absolute Gasteiger partial charge is 0.378 e. The van der Waals surface area contributed by atoms with Crippen LogP contribution in [0.2, 0.25) is 0 Å². The van der Waals surface area contributed by atoms with Crippen LogP contribution in [0.5, 0.6) is 0 Å². The van der Waals surface area contributed by atoms with Crippen molar-refractivity contribution in [1.82, 2.24) is 35.4 Å². The molecule has 1 saturated heterocycles. The van der Waals surface area contributed by atoms with Gasteiger partial charge in [0.15, 0.2) is 5.13 Å². The molecule has 0 aliphatic carbocycles. The second-order valence-electron chi connectivity index (χ2n) is 6.74. The Bertz CT molecular complexity index is 1100. The van der Waals surface area contributed by atoms with Gasteiger partial charge in [-0.1, -0.05) is 0 Å². The van der Waals surface area contributed by atoms with Crippen molar-refractivity contribution < 1.29 is 14.3 Å². The van der Waals surface area contributed by atoms with Crippen molar-refractivity contribution in [2.75, 3.05) is 36.9 Å². The zero-order chi connectivity index (χ0) is 21.3. The Morgan fingerprint density at radius 2 is 1.97 bits per heavy atom. The zero-order valence-electron chi connectivity index (χ0n) is 16.5. The van der Waals surface area contributed by atoms with Crippen LogP contribution in [0, 0.1) is 13.8 Å². The fourth-order valence-electron chi connectivity index (χ4n) is 3.14. The maximum atomic E-state index is 12.4. The van der Waals surface area contributed by atoms with Gasteiger partial charge in [-0.15, -0.1) is 16.4 Å². The van der Waals surface area contributed by atoms with E-state index in [9.17, 15) is 9.59 Å². The molecule has 4 rings (SSSR count). The predicted molar refractivity (Wildman–Crippen MR) is 109 cm³/mol. The van der Waals surface area contributed by atoms with Gasteiger partial charge < -0.3 is 15.4 Å².